The van der Waals surface area contributed by atoms with Crippen LogP contribution in [0, 0.1) is 11.8 Å². The number of rotatable bonds is 3. The third kappa shape index (κ3) is 4.09. The van der Waals surface area contributed by atoms with E-state index in [2.05, 4.69) is 21.5 Å². The molecule has 110 valence electrons. The highest BCUT2D eigenvalue weighted by molar-refractivity contribution is 7.93. The summed E-state index contributed by atoms with van der Waals surface area (Å²) >= 11 is 12.6. The van der Waals surface area contributed by atoms with Crippen molar-refractivity contribution < 1.29 is 13.5 Å². The van der Waals surface area contributed by atoms with Crippen LogP contribution in [0.1, 0.15) is 4.88 Å². The number of nitrogens with zero attached hydrogens (tertiary/aromatic N) is 1. The first-order chi connectivity index (χ1) is 9.92. The number of hydrogen-bond donors (Lipinski definition) is 2. The summed E-state index contributed by atoms with van der Waals surface area (Å²) in [6, 6.07) is 4.00. The molecule has 0 aliphatic rings. The third-order valence-electron chi connectivity index (χ3n) is 2.22. The summed E-state index contributed by atoms with van der Waals surface area (Å²) in [5.74, 6) is 5.09. The van der Waals surface area contributed by atoms with Gasteiger partial charge in [0, 0.05) is 0 Å². The molecule has 5 nitrogen and oxygen atoms in total. The topological polar surface area (TPSA) is 79.3 Å². The maximum atomic E-state index is 12.2. The number of sulfonamides is 1. The van der Waals surface area contributed by atoms with Gasteiger partial charge in [-0.15, -0.1) is 0 Å². The van der Waals surface area contributed by atoms with Gasteiger partial charge in [0.1, 0.15) is 6.61 Å². The van der Waals surface area contributed by atoms with Crippen molar-refractivity contribution in [3.05, 3.63) is 39.3 Å². The molecule has 2 rings (SSSR count). The second-order valence-corrected chi connectivity index (χ2v) is 7.20. The Morgan fingerprint density at radius 2 is 2.10 bits per heavy atom. The molecule has 2 N–H and O–H groups in total. The molecule has 21 heavy (non-hydrogen) atoms. The highest BCUT2D eigenvalue weighted by Gasteiger charge is 2.17. The molecule has 0 fully saturated rings. The molecule has 0 aliphatic heterocycles. The largest absolute Gasteiger partial charge is 0.384 e. The molecular formula is C12H8Cl2N2O3S2. The number of aromatic nitrogens is 1. The van der Waals surface area contributed by atoms with E-state index < -0.39 is 10.0 Å². The van der Waals surface area contributed by atoms with E-state index in [4.69, 9.17) is 28.3 Å². The van der Waals surface area contributed by atoms with Gasteiger partial charge in [-0.1, -0.05) is 46.4 Å². The van der Waals surface area contributed by atoms with E-state index in [9.17, 15) is 8.42 Å². The number of aliphatic hydroxyl groups is 1. The SMILES string of the molecule is O=S(=O)(Nc1ncc(C#CCO)s1)c1ccc(Cl)c(Cl)c1. The Labute approximate surface area is 135 Å². The summed E-state index contributed by atoms with van der Waals surface area (Å²) in [7, 11) is -3.80. The minimum atomic E-state index is -3.80. The summed E-state index contributed by atoms with van der Waals surface area (Å²) in [5, 5.41) is 9.18. The molecule has 0 saturated heterocycles. The van der Waals surface area contributed by atoms with E-state index in [1.165, 1.54) is 24.4 Å². The van der Waals surface area contributed by atoms with Gasteiger partial charge in [0.25, 0.3) is 10.0 Å². The van der Waals surface area contributed by atoms with Crippen LogP contribution in [0.4, 0.5) is 5.13 Å². The van der Waals surface area contributed by atoms with Gasteiger partial charge in [0.15, 0.2) is 5.13 Å². The molecule has 0 atom stereocenters. The summed E-state index contributed by atoms with van der Waals surface area (Å²) in [4.78, 5) is 4.42. The quantitative estimate of drug-likeness (QED) is 0.822. The lowest BCUT2D eigenvalue weighted by molar-refractivity contribution is 0.350. The molecule has 0 unspecified atom stereocenters. The standard InChI is InChI=1S/C12H8Cl2N2O3S2/c13-10-4-3-9(6-11(10)14)21(18,19)16-12-15-7-8(20-12)2-1-5-17/h3-4,6-7,17H,5H2,(H,15,16). The first kappa shape index (κ1) is 16.1. The first-order valence-electron chi connectivity index (χ1n) is 5.46. The molecule has 0 radical (unpaired) electrons. The van der Waals surface area contributed by atoms with Crippen LogP contribution in [0.25, 0.3) is 0 Å². The lowest BCUT2D eigenvalue weighted by atomic mass is 10.4. The van der Waals surface area contributed by atoms with Crippen molar-refractivity contribution in [1.29, 1.82) is 0 Å². The zero-order chi connectivity index (χ0) is 15.5. The summed E-state index contributed by atoms with van der Waals surface area (Å²) in [6.45, 7) is -0.276. The molecule has 9 heteroatoms. The van der Waals surface area contributed by atoms with Crippen molar-refractivity contribution in [2.24, 2.45) is 0 Å². The molecule has 0 bridgehead atoms. The smallest absolute Gasteiger partial charge is 0.263 e. The Bertz CT molecular complexity index is 823. The van der Waals surface area contributed by atoms with E-state index in [-0.39, 0.29) is 26.7 Å². The molecule has 0 saturated carbocycles. The fourth-order valence-corrected chi connectivity index (χ4v) is 3.65. The van der Waals surface area contributed by atoms with Crippen molar-refractivity contribution >= 4 is 49.7 Å². The Balaban J connectivity index is 2.24. The van der Waals surface area contributed by atoms with Crippen LogP contribution in [0.3, 0.4) is 0 Å². The Hall–Kier alpha value is -1.30. The van der Waals surface area contributed by atoms with E-state index in [1.807, 2.05) is 0 Å². The lowest BCUT2D eigenvalue weighted by Gasteiger charge is -2.05. The second kappa shape index (κ2) is 6.64. The monoisotopic (exact) mass is 362 g/mol. The zero-order valence-corrected chi connectivity index (χ0v) is 13.4. The molecule has 2 aromatic rings. The van der Waals surface area contributed by atoms with Gasteiger partial charge in [-0.2, -0.15) is 0 Å². The van der Waals surface area contributed by atoms with E-state index >= 15 is 0 Å². The predicted octanol–water partition coefficient (Wildman–Crippen LogP) is 2.59. The maximum Gasteiger partial charge on any atom is 0.263 e. The number of aliphatic hydroxyl groups excluding tert-OH is 1. The highest BCUT2D eigenvalue weighted by Crippen LogP contribution is 2.27. The second-order valence-electron chi connectivity index (χ2n) is 3.67. The van der Waals surface area contributed by atoms with Crippen LogP contribution in [-0.2, 0) is 10.0 Å². The molecule has 0 spiro atoms. The van der Waals surface area contributed by atoms with Crippen molar-refractivity contribution in [3.8, 4) is 11.8 Å². The minimum Gasteiger partial charge on any atom is -0.384 e. The number of thiazole rings is 1. The third-order valence-corrected chi connectivity index (χ3v) is 5.25. The van der Waals surface area contributed by atoms with Crippen molar-refractivity contribution in [1.82, 2.24) is 4.98 Å². The lowest BCUT2D eigenvalue weighted by Crippen LogP contribution is -2.12. The van der Waals surface area contributed by atoms with Crippen LogP contribution in [-0.4, -0.2) is 25.1 Å². The maximum absolute atomic E-state index is 12.2. The molecule has 1 heterocycles. The fourth-order valence-electron chi connectivity index (χ4n) is 1.32. The normalized spacial score (nSPS) is 10.8. The molecule has 1 aromatic heterocycles. The average Bonchev–Trinajstić information content (AvgIpc) is 2.86. The van der Waals surface area contributed by atoms with Crippen LogP contribution >= 0.6 is 34.5 Å². The number of anilines is 1. The van der Waals surface area contributed by atoms with Gasteiger partial charge in [0.05, 0.1) is 26.0 Å². The van der Waals surface area contributed by atoms with Gasteiger partial charge in [-0.05, 0) is 18.2 Å². The van der Waals surface area contributed by atoms with Crippen LogP contribution in [0.5, 0.6) is 0 Å². The Kier molecular flexibility index (Phi) is 5.08. The van der Waals surface area contributed by atoms with Gasteiger partial charge >= 0.3 is 0 Å². The molecule has 0 amide bonds. The Morgan fingerprint density at radius 3 is 2.76 bits per heavy atom. The Morgan fingerprint density at radius 1 is 1.33 bits per heavy atom. The average molecular weight is 363 g/mol. The minimum absolute atomic E-state index is 0.0184. The van der Waals surface area contributed by atoms with Crippen molar-refractivity contribution in [2.75, 3.05) is 11.3 Å². The van der Waals surface area contributed by atoms with Crippen LogP contribution < -0.4 is 4.72 Å². The van der Waals surface area contributed by atoms with E-state index in [0.717, 1.165) is 11.3 Å². The summed E-state index contributed by atoms with van der Waals surface area (Å²) in [6.07, 6.45) is 1.42. The molecular weight excluding hydrogens is 355 g/mol. The van der Waals surface area contributed by atoms with Gasteiger partial charge in [0.2, 0.25) is 0 Å². The van der Waals surface area contributed by atoms with Crippen molar-refractivity contribution in [3.63, 3.8) is 0 Å². The molecule has 1 aromatic carbocycles. The summed E-state index contributed by atoms with van der Waals surface area (Å²) < 4.78 is 26.7. The van der Waals surface area contributed by atoms with Gasteiger partial charge < -0.3 is 5.11 Å². The van der Waals surface area contributed by atoms with Crippen molar-refractivity contribution in [2.45, 2.75) is 4.90 Å². The van der Waals surface area contributed by atoms with Crippen LogP contribution in [0.15, 0.2) is 29.3 Å². The van der Waals surface area contributed by atoms with Gasteiger partial charge in [-0.3, -0.25) is 4.72 Å². The number of hydrogen-bond acceptors (Lipinski definition) is 5. The summed E-state index contributed by atoms with van der Waals surface area (Å²) in [5.41, 5.74) is 0. The zero-order valence-electron chi connectivity index (χ0n) is 10.3. The van der Waals surface area contributed by atoms with E-state index in [1.54, 1.807) is 0 Å². The number of nitrogens with one attached hydrogen (secondary N) is 1. The highest BCUT2D eigenvalue weighted by atomic mass is 35.5. The first-order valence-corrected chi connectivity index (χ1v) is 8.51. The molecule has 0 aliphatic carbocycles. The van der Waals surface area contributed by atoms with E-state index in [0.29, 0.717) is 4.88 Å². The number of benzene rings is 1. The van der Waals surface area contributed by atoms with Gasteiger partial charge in [-0.25, -0.2) is 13.4 Å². The van der Waals surface area contributed by atoms with Crippen LogP contribution in [0.2, 0.25) is 10.0 Å². The fraction of sp³-hybridized carbons (Fsp3) is 0.0833. The number of halogens is 2. The predicted molar refractivity (Wildman–Crippen MR) is 83.3 cm³/mol.